The lowest BCUT2D eigenvalue weighted by Gasteiger charge is -2.25. The predicted molar refractivity (Wildman–Crippen MR) is 113 cm³/mol. The number of hydrogen-bond donors (Lipinski definition) is 2. The number of benzene rings is 2. The Kier molecular flexibility index (Phi) is 6.46. The molecule has 0 bridgehead atoms. The minimum absolute atomic E-state index is 0.0260. The highest BCUT2D eigenvalue weighted by molar-refractivity contribution is 6.28. The first-order valence-corrected chi connectivity index (χ1v) is 9.23. The number of carbonyl (C=O) groups excluding carboxylic acids is 1. The quantitative estimate of drug-likeness (QED) is 0.614. The highest BCUT2D eigenvalue weighted by atomic mass is 35.5. The van der Waals surface area contributed by atoms with Gasteiger partial charge in [-0.3, -0.25) is 4.79 Å². The van der Waals surface area contributed by atoms with E-state index in [9.17, 15) is 4.79 Å². The summed E-state index contributed by atoms with van der Waals surface area (Å²) in [4.78, 5) is 26.6. The molecule has 29 heavy (non-hydrogen) atoms. The Labute approximate surface area is 173 Å². The van der Waals surface area contributed by atoms with Crippen molar-refractivity contribution in [2.75, 3.05) is 30.1 Å². The van der Waals surface area contributed by atoms with Gasteiger partial charge in [0.1, 0.15) is 11.8 Å². The number of nitrogens with two attached hydrogens (primary N) is 1. The number of likely N-dealkylation sites (N-methyl/N-ethyl adjacent to an activating group) is 1. The van der Waals surface area contributed by atoms with E-state index >= 15 is 0 Å². The Morgan fingerprint density at radius 2 is 1.83 bits per heavy atom. The van der Waals surface area contributed by atoms with E-state index in [1.165, 1.54) is 0 Å². The van der Waals surface area contributed by atoms with Crippen molar-refractivity contribution in [2.24, 2.45) is 0 Å². The first-order valence-electron chi connectivity index (χ1n) is 8.85. The molecule has 0 saturated carbocycles. The summed E-state index contributed by atoms with van der Waals surface area (Å²) in [5.41, 5.74) is 7.36. The number of nitrogen functional groups attached to an aromatic ring is 1. The van der Waals surface area contributed by atoms with Gasteiger partial charge in [0.15, 0.2) is 0 Å². The molecule has 3 aromatic rings. The van der Waals surface area contributed by atoms with Crippen LogP contribution in [0.15, 0.2) is 54.6 Å². The van der Waals surface area contributed by atoms with Crippen molar-refractivity contribution >= 4 is 35.1 Å². The van der Waals surface area contributed by atoms with Gasteiger partial charge in [-0.25, -0.2) is 0 Å². The number of ether oxygens (including phenoxy) is 1. The number of halogens is 1. The fraction of sp³-hybridized carbons (Fsp3) is 0.200. The Bertz CT molecular complexity index is 948. The van der Waals surface area contributed by atoms with Crippen molar-refractivity contribution < 1.29 is 9.53 Å². The highest BCUT2D eigenvalue weighted by Gasteiger charge is 2.25. The van der Waals surface area contributed by atoms with E-state index in [0.29, 0.717) is 12.2 Å². The molecule has 0 aliphatic heterocycles. The normalized spacial score (nSPS) is 11.6. The van der Waals surface area contributed by atoms with Gasteiger partial charge < -0.3 is 20.7 Å². The molecule has 2 aromatic carbocycles. The van der Waals surface area contributed by atoms with Crippen LogP contribution >= 0.6 is 11.6 Å². The van der Waals surface area contributed by atoms with Crippen molar-refractivity contribution in [1.82, 2.24) is 15.0 Å². The second-order valence-corrected chi connectivity index (χ2v) is 6.61. The van der Waals surface area contributed by atoms with Crippen molar-refractivity contribution in [3.63, 3.8) is 0 Å². The lowest BCUT2D eigenvalue weighted by Crippen LogP contribution is -2.42. The van der Waals surface area contributed by atoms with Gasteiger partial charge in [-0.15, -0.1) is 0 Å². The molecule has 0 spiro atoms. The molecule has 3 rings (SSSR count). The smallest absolute Gasteiger partial charge is 0.249 e. The largest absolute Gasteiger partial charge is 0.497 e. The molecule has 1 atom stereocenters. The fourth-order valence-corrected chi connectivity index (χ4v) is 2.97. The van der Waals surface area contributed by atoms with Crippen molar-refractivity contribution in [1.29, 1.82) is 0 Å². The number of hydrogen-bond acceptors (Lipinski definition) is 7. The molecule has 0 saturated heterocycles. The van der Waals surface area contributed by atoms with Crippen molar-refractivity contribution in [3.05, 3.63) is 65.4 Å². The summed E-state index contributed by atoms with van der Waals surface area (Å²) >= 11 is 5.87. The number of amides is 1. The summed E-state index contributed by atoms with van der Waals surface area (Å²) in [6.07, 6.45) is 0.420. The molecular formula is C20H21ClN6O2. The number of rotatable bonds is 7. The maximum Gasteiger partial charge on any atom is 0.249 e. The van der Waals surface area contributed by atoms with E-state index < -0.39 is 6.04 Å². The zero-order valence-electron chi connectivity index (χ0n) is 16.0. The molecule has 0 fully saturated rings. The molecule has 150 valence electrons. The molecular weight excluding hydrogens is 392 g/mol. The molecule has 0 radical (unpaired) electrons. The van der Waals surface area contributed by atoms with Crippen LogP contribution in [0, 0.1) is 0 Å². The van der Waals surface area contributed by atoms with Gasteiger partial charge in [-0.2, -0.15) is 15.0 Å². The van der Waals surface area contributed by atoms with Crippen molar-refractivity contribution in [2.45, 2.75) is 12.5 Å². The minimum atomic E-state index is -0.651. The number of anilines is 3. The van der Waals surface area contributed by atoms with Gasteiger partial charge in [0.2, 0.25) is 23.1 Å². The Hall–Kier alpha value is -3.39. The number of nitrogens with one attached hydrogen (secondary N) is 1. The van der Waals surface area contributed by atoms with Crippen LogP contribution in [0.2, 0.25) is 5.28 Å². The van der Waals surface area contributed by atoms with E-state index in [-0.39, 0.29) is 23.1 Å². The summed E-state index contributed by atoms with van der Waals surface area (Å²) in [6, 6.07) is 16.2. The van der Waals surface area contributed by atoms with Gasteiger partial charge >= 0.3 is 0 Å². The molecule has 1 heterocycles. The molecule has 3 N–H and O–H groups in total. The second-order valence-electron chi connectivity index (χ2n) is 6.27. The molecule has 0 unspecified atom stereocenters. The maximum absolute atomic E-state index is 13.3. The summed E-state index contributed by atoms with van der Waals surface area (Å²) in [7, 11) is 3.30. The third-order valence-electron chi connectivity index (χ3n) is 4.30. The number of methoxy groups -OCH3 is 1. The monoisotopic (exact) mass is 412 g/mol. The van der Waals surface area contributed by atoms with E-state index in [1.54, 1.807) is 31.2 Å². The second kappa shape index (κ2) is 9.20. The van der Waals surface area contributed by atoms with E-state index in [4.69, 9.17) is 22.1 Å². The molecule has 8 nitrogen and oxygen atoms in total. The predicted octanol–water partition coefficient (Wildman–Crippen LogP) is 2.80. The highest BCUT2D eigenvalue weighted by Crippen LogP contribution is 2.20. The van der Waals surface area contributed by atoms with E-state index in [0.717, 1.165) is 11.3 Å². The third-order valence-corrected chi connectivity index (χ3v) is 4.47. The van der Waals surface area contributed by atoms with Crippen LogP contribution in [0.3, 0.4) is 0 Å². The topological polar surface area (TPSA) is 106 Å². The number of carbonyl (C=O) groups is 1. The van der Waals surface area contributed by atoms with Crippen LogP contribution in [0.25, 0.3) is 0 Å². The van der Waals surface area contributed by atoms with Crippen LogP contribution in [0.4, 0.5) is 17.6 Å². The van der Waals surface area contributed by atoms with E-state index in [1.807, 2.05) is 42.5 Å². The Morgan fingerprint density at radius 1 is 1.14 bits per heavy atom. The summed E-state index contributed by atoms with van der Waals surface area (Å²) in [6.45, 7) is 0. The molecule has 1 aromatic heterocycles. The van der Waals surface area contributed by atoms with Gasteiger partial charge in [0, 0.05) is 19.2 Å². The molecule has 0 aliphatic carbocycles. The fourth-order valence-electron chi connectivity index (χ4n) is 2.80. The van der Waals surface area contributed by atoms with Crippen LogP contribution in [-0.4, -0.2) is 41.1 Å². The number of aromatic nitrogens is 3. The van der Waals surface area contributed by atoms with Gasteiger partial charge in [-0.1, -0.05) is 30.3 Å². The summed E-state index contributed by atoms with van der Waals surface area (Å²) in [5, 5.41) is 2.99. The van der Waals surface area contributed by atoms with Crippen LogP contribution < -0.4 is 20.7 Å². The van der Waals surface area contributed by atoms with Crippen LogP contribution in [-0.2, 0) is 11.2 Å². The SMILES string of the molecule is COc1ccc(N(C)C(=O)[C@H](Cc2ccccc2)Nc2nc(N)nc(Cl)n2)cc1. The van der Waals surface area contributed by atoms with Gasteiger partial charge in [0.05, 0.1) is 7.11 Å². The number of nitrogens with zero attached hydrogens (tertiary/aromatic N) is 4. The minimum Gasteiger partial charge on any atom is -0.497 e. The zero-order valence-corrected chi connectivity index (χ0v) is 16.8. The van der Waals surface area contributed by atoms with Crippen LogP contribution in [0.5, 0.6) is 5.75 Å². The van der Waals surface area contributed by atoms with Crippen molar-refractivity contribution in [3.8, 4) is 5.75 Å². The maximum atomic E-state index is 13.3. The first kappa shape index (κ1) is 20.3. The average Bonchev–Trinajstić information content (AvgIpc) is 2.72. The first-order chi connectivity index (χ1) is 14.0. The Morgan fingerprint density at radius 3 is 2.45 bits per heavy atom. The molecule has 0 aliphatic rings. The Balaban J connectivity index is 1.86. The third kappa shape index (κ3) is 5.32. The lowest BCUT2D eigenvalue weighted by molar-refractivity contribution is -0.119. The van der Waals surface area contributed by atoms with Gasteiger partial charge in [0.25, 0.3) is 0 Å². The lowest BCUT2D eigenvalue weighted by atomic mass is 10.0. The van der Waals surface area contributed by atoms with Gasteiger partial charge in [-0.05, 0) is 41.4 Å². The van der Waals surface area contributed by atoms with Crippen LogP contribution in [0.1, 0.15) is 5.56 Å². The summed E-state index contributed by atoms with van der Waals surface area (Å²) in [5.74, 6) is 0.653. The molecule has 9 heteroatoms. The molecule has 1 amide bonds. The zero-order chi connectivity index (χ0) is 20.8. The average molecular weight is 413 g/mol. The summed E-state index contributed by atoms with van der Waals surface area (Å²) < 4.78 is 5.17. The van der Waals surface area contributed by atoms with E-state index in [2.05, 4.69) is 20.3 Å². The standard InChI is InChI=1S/C20H21ClN6O2/c1-27(14-8-10-15(29-2)11-9-14)17(28)16(12-13-6-4-3-5-7-13)23-20-25-18(21)24-19(22)26-20/h3-11,16H,12H2,1-2H3,(H3,22,23,24,25,26)/t16-/m0/s1.